The molecule has 0 amide bonds. The number of hydrogen-bond donors (Lipinski definition) is 0. The van der Waals surface area contributed by atoms with Gasteiger partial charge < -0.3 is 4.42 Å². The van der Waals surface area contributed by atoms with Crippen LogP contribution in [0.1, 0.15) is 0 Å². The average molecular weight is 702 g/mol. The van der Waals surface area contributed by atoms with Crippen molar-refractivity contribution in [1.82, 2.24) is 15.0 Å². The zero-order valence-corrected chi connectivity index (χ0v) is 29.6. The second kappa shape index (κ2) is 12.6. The standard InChI is InChI=1S/C51H31N3O/c1-2-11-32(12-3-1)38-27-28-43-44(30-38)46(31-45-42-18-8-9-20-47(42)55-48(43)45)51-53-49(52-50(54-51)39-26-21-33-13-4-5-15-37(33)29-39)36-24-22-35(23-25-36)41-19-10-16-34-14-6-7-17-40(34)41/h1-31H. The third-order valence-electron chi connectivity index (χ3n) is 10.7. The summed E-state index contributed by atoms with van der Waals surface area (Å²) in [5.41, 5.74) is 9.05. The Hall–Kier alpha value is -7.43. The van der Waals surface area contributed by atoms with Crippen molar-refractivity contribution < 1.29 is 4.42 Å². The van der Waals surface area contributed by atoms with Crippen LogP contribution >= 0.6 is 0 Å². The van der Waals surface area contributed by atoms with Crippen LogP contribution in [0.3, 0.4) is 0 Å². The molecule has 0 unspecified atom stereocenters. The third-order valence-corrected chi connectivity index (χ3v) is 10.7. The minimum atomic E-state index is 0.605. The van der Waals surface area contributed by atoms with Gasteiger partial charge in [0.25, 0.3) is 0 Å². The second-order valence-corrected chi connectivity index (χ2v) is 14.0. The molecule has 0 saturated carbocycles. The van der Waals surface area contributed by atoms with Crippen LogP contribution in [0.5, 0.6) is 0 Å². The molecule has 0 N–H and O–H groups in total. The smallest absolute Gasteiger partial charge is 0.164 e. The van der Waals surface area contributed by atoms with E-state index in [-0.39, 0.29) is 0 Å². The van der Waals surface area contributed by atoms with Gasteiger partial charge in [0, 0.05) is 32.8 Å². The quantitative estimate of drug-likeness (QED) is 0.179. The van der Waals surface area contributed by atoms with Crippen LogP contribution < -0.4 is 0 Å². The highest BCUT2D eigenvalue weighted by Crippen LogP contribution is 2.41. The lowest BCUT2D eigenvalue weighted by molar-refractivity contribution is 0.672. The maximum absolute atomic E-state index is 6.55. The molecule has 0 radical (unpaired) electrons. The minimum absolute atomic E-state index is 0.605. The first kappa shape index (κ1) is 31.1. The molecule has 0 bridgehead atoms. The van der Waals surface area contributed by atoms with Crippen molar-refractivity contribution >= 4 is 54.3 Å². The fourth-order valence-electron chi connectivity index (χ4n) is 7.95. The molecule has 55 heavy (non-hydrogen) atoms. The van der Waals surface area contributed by atoms with Crippen molar-refractivity contribution in [1.29, 1.82) is 0 Å². The summed E-state index contributed by atoms with van der Waals surface area (Å²) in [5.74, 6) is 1.84. The Morgan fingerprint density at radius 2 is 0.927 bits per heavy atom. The summed E-state index contributed by atoms with van der Waals surface area (Å²) in [5, 5.41) is 8.85. The van der Waals surface area contributed by atoms with E-state index in [1.807, 2.05) is 18.2 Å². The van der Waals surface area contributed by atoms with Crippen LogP contribution in [0, 0.1) is 0 Å². The zero-order chi connectivity index (χ0) is 36.3. The monoisotopic (exact) mass is 701 g/mol. The minimum Gasteiger partial charge on any atom is -0.455 e. The van der Waals surface area contributed by atoms with Crippen molar-refractivity contribution in [3.63, 3.8) is 0 Å². The van der Waals surface area contributed by atoms with Crippen LogP contribution in [0.15, 0.2) is 192 Å². The first-order chi connectivity index (χ1) is 27.2. The molecule has 0 atom stereocenters. The van der Waals surface area contributed by atoms with Crippen molar-refractivity contribution in [2.45, 2.75) is 0 Å². The molecular formula is C51H31N3O. The van der Waals surface area contributed by atoms with E-state index in [4.69, 9.17) is 19.4 Å². The number of rotatable bonds is 5. The van der Waals surface area contributed by atoms with E-state index in [0.29, 0.717) is 17.5 Å². The van der Waals surface area contributed by atoms with Gasteiger partial charge in [0.05, 0.1) is 0 Å². The molecule has 0 aliphatic carbocycles. The van der Waals surface area contributed by atoms with Crippen molar-refractivity contribution in [3.05, 3.63) is 188 Å². The molecule has 256 valence electrons. The molecular weight excluding hydrogens is 671 g/mol. The number of fused-ring (bicyclic) bond motifs is 7. The molecule has 0 spiro atoms. The van der Waals surface area contributed by atoms with Gasteiger partial charge in [-0.3, -0.25) is 0 Å². The van der Waals surface area contributed by atoms with Crippen LogP contribution in [-0.2, 0) is 0 Å². The maximum Gasteiger partial charge on any atom is 0.164 e. The van der Waals surface area contributed by atoms with E-state index in [9.17, 15) is 0 Å². The lowest BCUT2D eigenvalue weighted by atomic mass is 9.95. The molecule has 2 heterocycles. The summed E-state index contributed by atoms with van der Waals surface area (Å²) in [6, 6.07) is 65.8. The summed E-state index contributed by atoms with van der Waals surface area (Å²) in [6.07, 6.45) is 0. The molecule has 0 saturated heterocycles. The van der Waals surface area contributed by atoms with Crippen LogP contribution in [-0.4, -0.2) is 15.0 Å². The molecule has 0 aliphatic rings. The topological polar surface area (TPSA) is 51.8 Å². The molecule has 11 aromatic rings. The highest BCUT2D eigenvalue weighted by Gasteiger charge is 2.20. The molecule has 4 nitrogen and oxygen atoms in total. The van der Waals surface area contributed by atoms with Gasteiger partial charge in [-0.1, -0.05) is 158 Å². The highest BCUT2D eigenvalue weighted by atomic mass is 16.3. The Bertz CT molecular complexity index is 3250. The predicted molar refractivity (Wildman–Crippen MR) is 227 cm³/mol. The SMILES string of the molecule is c1ccc(-c2ccc3c(c2)c(-c2nc(-c4ccc(-c5cccc6ccccc56)cc4)nc(-c4ccc5ccccc5c4)n2)cc2c4ccccc4oc32)cc1. The number of nitrogens with zero attached hydrogens (tertiary/aromatic N) is 3. The molecule has 0 fully saturated rings. The van der Waals surface area contributed by atoms with Gasteiger partial charge in [-0.05, 0) is 79.5 Å². The van der Waals surface area contributed by atoms with Gasteiger partial charge >= 0.3 is 0 Å². The van der Waals surface area contributed by atoms with E-state index in [1.54, 1.807) is 0 Å². The Morgan fingerprint density at radius 3 is 1.78 bits per heavy atom. The molecule has 0 aliphatic heterocycles. The van der Waals surface area contributed by atoms with Crippen molar-refractivity contribution in [2.75, 3.05) is 0 Å². The van der Waals surface area contributed by atoms with Gasteiger partial charge in [-0.25, -0.2) is 15.0 Å². The lowest BCUT2D eigenvalue weighted by Gasteiger charge is -2.13. The van der Waals surface area contributed by atoms with E-state index in [1.165, 1.54) is 21.7 Å². The number of para-hydroxylation sites is 1. The first-order valence-corrected chi connectivity index (χ1v) is 18.5. The summed E-state index contributed by atoms with van der Waals surface area (Å²) >= 11 is 0. The Labute approximate surface area is 317 Å². The lowest BCUT2D eigenvalue weighted by Crippen LogP contribution is -2.01. The van der Waals surface area contributed by atoms with Gasteiger partial charge in [-0.2, -0.15) is 0 Å². The molecule has 9 aromatic carbocycles. The fraction of sp³-hybridized carbons (Fsp3) is 0. The summed E-state index contributed by atoms with van der Waals surface area (Å²) in [6.45, 7) is 0. The highest BCUT2D eigenvalue weighted by molar-refractivity contribution is 6.19. The van der Waals surface area contributed by atoms with E-state index in [2.05, 4.69) is 170 Å². The molecule has 2 aromatic heterocycles. The number of benzene rings is 9. The fourth-order valence-corrected chi connectivity index (χ4v) is 7.95. The number of aromatic nitrogens is 3. The second-order valence-electron chi connectivity index (χ2n) is 14.0. The van der Waals surface area contributed by atoms with Crippen LogP contribution in [0.2, 0.25) is 0 Å². The normalized spacial score (nSPS) is 11.6. The molecule has 11 rings (SSSR count). The van der Waals surface area contributed by atoms with E-state index < -0.39 is 0 Å². The average Bonchev–Trinajstić information content (AvgIpc) is 3.64. The Kier molecular flexibility index (Phi) is 7.14. The molecule has 4 heteroatoms. The van der Waals surface area contributed by atoms with Gasteiger partial charge in [0.15, 0.2) is 17.5 Å². The number of hydrogen-bond acceptors (Lipinski definition) is 4. The van der Waals surface area contributed by atoms with Gasteiger partial charge in [0.1, 0.15) is 11.2 Å². The summed E-state index contributed by atoms with van der Waals surface area (Å²) in [7, 11) is 0. The van der Waals surface area contributed by atoms with Crippen LogP contribution in [0.4, 0.5) is 0 Å². The maximum atomic E-state index is 6.55. The summed E-state index contributed by atoms with van der Waals surface area (Å²) in [4.78, 5) is 15.7. The summed E-state index contributed by atoms with van der Waals surface area (Å²) < 4.78 is 6.55. The first-order valence-electron chi connectivity index (χ1n) is 18.5. The largest absolute Gasteiger partial charge is 0.455 e. The van der Waals surface area contributed by atoms with Crippen molar-refractivity contribution in [3.8, 4) is 56.4 Å². The zero-order valence-electron chi connectivity index (χ0n) is 29.6. The van der Waals surface area contributed by atoms with E-state index in [0.717, 1.165) is 71.5 Å². The van der Waals surface area contributed by atoms with Gasteiger partial charge in [0.2, 0.25) is 0 Å². The Morgan fingerprint density at radius 1 is 0.291 bits per heavy atom. The van der Waals surface area contributed by atoms with Gasteiger partial charge in [-0.15, -0.1) is 0 Å². The Balaban J connectivity index is 1.15. The van der Waals surface area contributed by atoms with E-state index >= 15 is 0 Å². The predicted octanol–water partition coefficient (Wildman–Crippen LogP) is 13.6. The number of furan rings is 1. The third kappa shape index (κ3) is 5.34. The van der Waals surface area contributed by atoms with Crippen molar-refractivity contribution in [2.24, 2.45) is 0 Å². The van der Waals surface area contributed by atoms with Crippen LogP contribution in [0.25, 0.3) is 111 Å².